The van der Waals surface area contributed by atoms with Crippen molar-refractivity contribution >= 4 is 11.7 Å². The number of nitrogens with zero attached hydrogens (tertiary/aromatic N) is 4. The first-order chi connectivity index (χ1) is 14.6. The van der Waals surface area contributed by atoms with Crippen LogP contribution < -0.4 is 14.4 Å². The van der Waals surface area contributed by atoms with Crippen LogP contribution in [-0.2, 0) is 0 Å². The Morgan fingerprint density at radius 3 is 2.37 bits per heavy atom. The molecule has 2 aromatic carbocycles. The van der Waals surface area contributed by atoms with Gasteiger partial charge in [-0.15, -0.1) is 0 Å². The molecule has 0 radical (unpaired) electrons. The first-order valence-electron chi connectivity index (χ1n) is 9.89. The number of rotatable bonds is 5. The summed E-state index contributed by atoms with van der Waals surface area (Å²) in [6.07, 6.45) is 0. The van der Waals surface area contributed by atoms with Crippen LogP contribution in [-0.4, -0.2) is 54.1 Å². The predicted octanol–water partition coefficient (Wildman–Crippen LogP) is 3.55. The molecular weight excluding hydrogens is 380 g/mol. The molecule has 2 heterocycles. The Morgan fingerprint density at radius 1 is 0.900 bits per heavy atom. The van der Waals surface area contributed by atoms with E-state index >= 15 is 0 Å². The van der Waals surface area contributed by atoms with E-state index in [0.29, 0.717) is 49.2 Å². The molecule has 1 aliphatic rings. The fourth-order valence-electron chi connectivity index (χ4n) is 3.43. The van der Waals surface area contributed by atoms with Crippen molar-refractivity contribution in [2.45, 2.75) is 6.92 Å². The molecule has 0 spiro atoms. The molecule has 4 rings (SSSR count). The molecule has 0 bridgehead atoms. The highest BCUT2D eigenvalue weighted by Gasteiger charge is 2.24. The van der Waals surface area contributed by atoms with E-state index < -0.39 is 0 Å². The van der Waals surface area contributed by atoms with Crippen molar-refractivity contribution in [1.82, 2.24) is 14.9 Å². The van der Waals surface area contributed by atoms with Gasteiger partial charge in [-0.3, -0.25) is 4.79 Å². The summed E-state index contributed by atoms with van der Waals surface area (Å²) in [4.78, 5) is 25.8. The highest BCUT2D eigenvalue weighted by atomic mass is 16.5. The Morgan fingerprint density at radius 2 is 1.63 bits per heavy atom. The summed E-state index contributed by atoms with van der Waals surface area (Å²) in [6.45, 7) is 4.47. The maximum atomic E-state index is 12.8. The van der Waals surface area contributed by atoms with Gasteiger partial charge in [0.05, 0.1) is 7.11 Å². The van der Waals surface area contributed by atoms with Crippen LogP contribution in [0, 0.1) is 6.92 Å². The van der Waals surface area contributed by atoms with Crippen LogP contribution in [0.1, 0.15) is 16.2 Å². The van der Waals surface area contributed by atoms with Gasteiger partial charge in [0, 0.05) is 37.8 Å². The molecule has 7 heteroatoms. The van der Waals surface area contributed by atoms with Gasteiger partial charge in [0.15, 0.2) is 0 Å². The molecule has 0 N–H and O–H groups in total. The van der Waals surface area contributed by atoms with E-state index in [1.165, 1.54) is 0 Å². The summed E-state index contributed by atoms with van der Waals surface area (Å²) >= 11 is 0. The SMILES string of the molecule is COc1cccc(C(=O)N2CCN(c3cc(Oc4ccccc4)nc(C)n3)CC2)c1. The molecule has 1 aliphatic heterocycles. The molecule has 3 aromatic rings. The molecular formula is C23H24N4O3. The molecule has 0 atom stereocenters. The number of amides is 1. The number of methoxy groups -OCH3 is 1. The second-order valence-electron chi connectivity index (χ2n) is 7.04. The summed E-state index contributed by atoms with van der Waals surface area (Å²) in [6, 6.07) is 18.7. The Bertz CT molecular complexity index is 1020. The summed E-state index contributed by atoms with van der Waals surface area (Å²) in [7, 11) is 1.60. The molecule has 0 saturated carbocycles. The molecule has 0 unspecified atom stereocenters. The number of aryl methyl sites for hydroxylation is 1. The first-order valence-corrected chi connectivity index (χ1v) is 9.89. The van der Waals surface area contributed by atoms with Crippen LogP contribution in [0.25, 0.3) is 0 Å². The molecule has 1 aromatic heterocycles. The third-order valence-corrected chi connectivity index (χ3v) is 4.97. The number of carbonyl (C=O) groups is 1. The van der Waals surface area contributed by atoms with Crippen molar-refractivity contribution in [2.75, 3.05) is 38.2 Å². The number of hydrogen-bond donors (Lipinski definition) is 0. The van der Waals surface area contributed by atoms with Crippen molar-refractivity contribution in [3.63, 3.8) is 0 Å². The van der Waals surface area contributed by atoms with E-state index in [9.17, 15) is 4.79 Å². The van der Waals surface area contributed by atoms with Gasteiger partial charge in [-0.25, -0.2) is 4.98 Å². The second kappa shape index (κ2) is 8.82. The number of piperazine rings is 1. The molecule has 1 amide bonds. The van der Waals surface area contributed by atoms with Gasteiger partial charge in [-0.2, -0.15) is 4.98 Å². The lowest BCUT2D eigenvalue weighted by atomic mass is 10.1. The number of benzene rings is 2. The molecule has 154 valence electrons. The number of carbonyl (C=O) groups excluding carboxylic acids is 1. The number of anilines is 1. The highest BCUT2D eigenvalue weighted by Crippen LogP contribution is 2.24. The molecule has 30 heavy (non-hydrogen) atoms. The van der Waals surface area contributed by atoms with Crippen molar-refractivity contribution < 1.29 is 14.3 Å². The minimum Gasteiger partial charge on any atom is -0.497 e. The van der Waals surface area contributed by atoms with Crippen LogP contribution >= 0.6 is 0 Å². The fraction of sp³-hybridized carbons (Fsp3) is 0.261. The van der Waals surface area contributed by atoms with Crippen LogP contribution in [0.3, 0.4) is 0 Å². The number of ether oxygens (including phenoxy) is 2. The summed E-state index contributed by atoms with van der Waals surface area (Å²) in [5, 5.41) is 0. The third kappa shape index (κ3) is 4.51. The summed E-state index contributed by atoms with van der Waals surface area (Å²) in [5.74, 6) is 3.39. The number of aromatic nitrogens is 2. The second-order valence-corrected chi connectivity index (χ2v) is 7.04. The average molecular weight is 404 g/mol. The summed E-state index contributed by atoms with van der Waals surface area (Å²) < 4.78 is 11.1. The van der Waals surface area contributed by atoms with Crippen molar-refractivity contribution in [1.29, 1.82) is 0 Å². The lowest BCUT2D eigenvalue weighted by molar-refractivity contribution is 0.0746. The summed E-state index contributed by atoms with van der Waals surface area (Å²) in [5.41, 5.74) is 0.638. The van der Waals surface area contributed by atoms with Gasteiger partial charge in [-0.1, -0.05) is 24.3 Å². The molecule has 7 nitrogen and oxygen atoms in total. The van der Waals surface area contributed by atoms with Crippen LogP contribution in [0.2, 0.25) is 0 Å². The van der Waals surface area contributed by atoms with Gasteiger partial charge >= 0.3 is 0 Å². The highest BCUT2D eigenvalue weighted by molar-refractivity contribution is 5.94. The first kappa shape index (κ1) is 19.7. The van der Waals surface area contributed by atoms with Gasteiger partial charge < -0.3 is 19.3 Å². The predicted molar refractivity (Wildman–Crippen MR) is 114 cm³/mol. The van der Waals surface area contributed by atoms with Gasteiger partial charge in [0.2, 0.25) is 5.88 Å². The van der Waals surface area contributed by atoms with Gasteiger partial charge in [0.25, 0.3) is 5.91 Å². The lowest BCUT2D eigenvalue weighted by Gasteiger charge is -2.35. The Balaban J connectivity index is 1.43. The van der Waals surface area contributed by atoms with Crippen molar-refractivity contribution in [3.05, 3.63) is 72.1 Å². The normalized spacial score (nSPS) is 13.8. The van der Waals surface area contributed by atoms with Crippen LogP contribution in [0.5, 0.6) is 17.4 Å². The largest absolute Gasteiger partial charge is 0.497 e. The quantitative estimate of drug-likeness (QED) is 0.648. The smallest absolute Gasteiger partial charge is 0.254 e. The van der Waals surface area contributed by atoms with E-state index in [1.807, 2.05) is 66.4 Å². The zero-order chi connectivity index (χ0) is 20.9. The topological polar surface area (TPSA) is 67.8 Å². The minimum absolute atomic E-state index is 0.0144. The standard InChI is InChI=1S/C23H24N4O3/c1-17-24-21(16-22(25-17)30-19-8-4-3-5-9-19)26-11-13-27(14-12-26)23(28)18-7-6-10-20(15-18)29-2/h3-10,15-16H,11-14H2,1-2H3. The zero-order valence-electron chi connectivity index (χ0n) is 17.1. The molecule has 0 aliphatic carbocycles. The van der Waals surface area contributed by atoms with Gasteiger partial charge in [0.1, 0.15) is 23.1 Å². The maximum absolute atomic E-state index is 12.8. The van der Waals surface area contributed by atoms with E-state index in [0.717, 1.165) is 11.6 Å². The van der Waals surface area contributed by atoms with Crippen molar-refractivity contribution in [2.24, 2.45) is 0 Å². The van der Waals surface area contributed by atoms with E-state index in [4.69, 9.17) is 9.47 Å². The maximum Gasteiger partial charge on any atom is 0.254 e. The van der Waals surface area contributed by atoms with E-state index in [2.05, 4.69) is 14.9 Å². The van der Waals surface area contributed by atoms with Gasteiger partial charge in [-0.05, 0) is 37.3 Å². The number of hydrogen-bond acceptors (Lipinski definition) is 6. The van der Waals surface area contributed by atoms with Crippen LogP contribution in [0.4, 0.5) is 5.82 Å². The number of para-hydroxylation sites is 1. The Labute approximate surface area is 175 Å². The zero-order valence-corrected chi connectivity index (χ0v) is 17.1. The third-order valence-electron chi connectivity index (χ3n) is 4.97. The fourth-order valence-corrected chi connectivity index (χ4v) is 3.43. The van der Waals surface area contributed by atoms with E-state index in [1.54, 1.807) is 13.2 Å². The van der Waals surface area contributed by atoms with E-state index in [-0.39, 0.29) is 5.91 Å². The lowest BCUT2D eigenvalue weighted by Crippen LogP contribution is -2.49. The molecule has 1 saturated heterocycles. The van der Waals surface area contributed by atoms with Crippen molar-refractivity contribution in [3.8, 4) is 17.4 Å². The Kier molecular flexibility index (Phi) is 5.79. The molecule has 1 fully saturated rings. The Hall–Kier alpha value is -3.61. The monoisotopic (exact) mass is 404 g/mol. The van der Waals surface area contributed by atoms with Crippen LogP contribution in [0.15, 0.2) is 60.7 Å². The minimum atomic E-state index is 0.0144. The average Bonchev–Trinajstić information content (AvgIpc) is 2.79.